The van der Waals surface area contributed by atoms with Crippen LogP contribution in [0.2, 0.25) is 0 Å². The molecule has 1 saturated heterocycles. The molecule has 110 valence electrons. The Morgan fingerprint density at radius 1 is 1.35 bits per heavy atom. The third-order valence-electron chi connectivity index (χ3n) is 3.57. The molecule has 1 aliphatic rings. The van der Waals surface area contributed by atoms with E-state index in [1.54, 1.807) is 19.1 Å². The summed E-state index contributed by atoms with van der Waals surface area (Å²) < 4.78 is 26.6. The van der Waals surface area contributed by atoms with Gasteiger partial charge in [0.25, 0.3) is 0 Å². The molecule has 1 aliphatic heterocycles. The predicted molar refractivity (Wildman–Crippen MR) is 76.3 cm³/mol. The number of aryl methyl sites for hydroxylation is 1. The van der Waals surface area contributed by atoms with E-state index >= 15 is 0 Å². The topological polar surface area (TPSA) is 106 Å². The van der Waals surface area contributed by atoms with Gasteiger partial charge in [0.2, 0.25) is 15.9 Å². The number of sulfonamides is 1. The minimum atomic E-state index is -3.73. The molecule has 2 rings (SSSR count). The van der Waals surface area contributed by atoms with Crippen molar-refractivity contribution < 1.29 is 13.2 Å². The molecule has 4 N–H and O–H groups in total. The average Bonchev–Trinajstić information content (AvgIpc) is 2.38. The molecular formula is C13H19N3O3S. The molecule has 0 saturated carbocycles. The number of carbonyl (C=O) groups excluding carboxylic acids is 1. The maximum absolute atomic E-state index is 12.7. The predicted octanol–water partition coefficient (Wildman–Crippen LogP) is 0.606. The van der Waals surface area contributed by atoms with Crippen molar-refractivity contribution in [2.24, 2.45) is 5.73 Å². The maximum Gasteiger partial charge on any atom is 0.244 e. The van der Waals surface area contributed by atoms with Crippen LogP contribution in [0.1, 0.15) is 24.8 Å². The van der Waals surface area contributed by atoms with E-state index in [2.05, 4.69) is 0 Å². The highest BCUT2D eigenvalue weighted by molar-refractivity contribution is 7.89. The molecule has 0 bridgehead atoms. The van der Waals surface area contributed by atoms with E-state index in [-0.39, 0.29) is 4.90 Å². The number of hydrogen-bond donors (Lipinski definition) is 2. The van der Waals surface area contributed by atoms with E-state index in [4.69, 9.17) is 11.5 Å². The second-order valence-corrected chi connectivity index (χ2v) is 6.91. The Balaban J connectivity index is 2.45. The lowest BCUT2D eigenvalue weighted by atomic mass is 10.0. The number of amides is 1. The minimum absolute atomic E-state index is 0.180. The largest absolute Gasteiger partial charge is 0.399 e. The fourth-order valence-electron chi connectivity index (χ4n) is 2.57. The van der Waals surface area contributed by atoms with Crippen molar-refractivity contribution in [1.82, 2.24) is 4.31 Å². The summed E-state index contributed by atoms with van der Waals surface area (Å²) in [5.41, 5.74) is 12.0. The van der Waals surface area contributed by atoms with Crippen LogP contribution in [0.25, 0.3) is 0 Å². The highest BCUT2D eigenvalue weighted by atomic mass is 32.2. The molecule has 1 aromatic rings. The normalized spacial score (nSPS) is 20.8. The molecule has 0 radical (unpaired) electrons. The van der Waals surface area contributed by atoms with Crippen LogP contribution in [0.3, 0.4) is 0 Å². The zero-order chi connectivity index (χ0) is 14.9. The monoisotopic (exact) mass is 297 g/mol. The molecule has 1 atom stereocenters. The van der Waals surface area contributed by atoms with Crippen molar-refractivity contribution >= 4 is 21.6 Å². The van der Waals surface area contributed by atoms with Crippen molar-refractivity contribution in [2.75, 3.05) is 12.3 Å². The standard InChI is InChI=1S/C13H19N3O3S/c1-9-8-10(14)5-6-12(9)20(18,19)16-7-3-2-4-11(16)13(15)17/h5-6,8,11H,2-4,7,14H2,1H3,(H2,15,17). The number of rotatable bonds is 3. The zero-order valence-electron chi connectivity index (χ0n) is 11.4. The van der Waals surface area contributed by atoms with Gasteiger partial charge >= 0.3 is 0 Å². The SMILES string of the molecule is Cc1cc(N)ccc1S(=O)(=O)N1CCCCC1C(N)=O. The second kappa shape index (κ2) is 5.41. The van der Waals surface area contributed by atoms with Gasteiger partial charge in [-0.3, -0.25) is 4.79 Å². The fourth-order valence-corrected chi connectivity index (χ4v) is 4.44. The van der Waals surface area contributed by atoms with Crippen LogP contribution < -0.4 is 11.5 Å². The van der Waals surface area contributed by atoms with Crippen molar-refractivity contribution in [2.45, 2.75) is 37.1 Å². The zero-order valence-corrected chi connectivity index (χ0v) is 12.2. The van der Waals surface area contributed by atoms with E-state index in [1.165, 1.54) is 10.4 Å². The number of anilines is 1. The maximum atomic E-state index is 12.7. The Hall–Kier alpha value is -1.60. The van der Waals surface area contributed by atoms with Crippen LogP contribution in [0.15, 0.2) is 23.1 Å². The van der Waals surface area contributed by atoms with E-state index in [0.717, 1.165) is 12.8 Å². The summed E-state index contributed by atoms with van der Waals surface area (Å²) in [6, 6.07) is 3.87. The molecule has 1 unspecified atom stereocenters. The minimum Gasteiger partial charge on any atom is -0.399 e. The van der Waals surface area contributed by atoms with Crippen LogP contribution >= 0.6 is 0 Å². The van der Waals surface area contributed by atoms with Crippen LogP contribution in [-0.4, -0.2) is 31.2 Å². The van der Waals surface area contributed by atoms with Crippen LogP contribution in [0.4, 0.5) is 5.69 Å². The fraction of sp³-hybridized carbons (Fsp3) is 0.462. The number of benzene rings is 1. The summed E-state index contributed by atoms with van der Waals surface area (Å²) in [4.78, 5) is 11.7. The van der Waals surface area contributed by atoms with Gasteiger partial charge < -0.3 is 11.5 Å². The summed E-state index contributed by atoms with van der Waals surface area (Å²) in [7, 11) is -3.73. The summed E-state index contributed by atoms with van der Waals surface area (Å²) >= 11 is 0. The van der Waals surface area contributed by atoms with Gasteiger partial charge in [-0.1, -0.05) is 6.42 Å². The van der Waals surface area contributed by atoms with Gasteiger partial charge in [-0.2, -0.15) is 4.31 Å². The highest BCUT2D eigenvalue weighted by Crippen LogP contribution is 2.27. The Kier molecular flexibility index (Phi) is 4.01. The van der Waals surface area contributed by atoms with Gasteiger partial charge in [0, 0.05) is 12.2 Å². The quantitative estimate of drug-likeness (QED) is 0.797. The number of nitrogens with zero attached hydrogens (tertiary/aromatic N) is 1. The van der Waals surface area contributed by atoms with Gasteiger partial charge in [0.05, 0.1) is 4.90 Å². The molecule has 7 heteroatoms. The van der Waals surface area contributed by atoms with Gasteiger partial charge in [-0.15, -0.1) is 0 Å². The smallest absolute Gasteiger partial charge is 0.244 e. The van der Waals surface area contributed by atoms with Crippen molar-refractivity contribution in [3.8, 4) is 0 Å². The Morgan fingerprint density at radius 2 is 2.05 bits per heavy atom. The summed E-state index contributed by atoms with van der Waals surface area (Å²) in [5.74, 6) is -0.596. The third-order valence-corrected chi connectivity index (χ3v) is 5.64. The van der Waals surface area contributed by atoms with E-state index in [0.29, 0.717) is 24.2 Å². The lowest BCUT2D eigenvalue weighted by Crippen LogP contribution is -2.50. The number of nitrogens with two attached hydrogens (primary N) is 2. The summed E-state index contributed by atoms with van der Waals surface area (Å²) in [6.07, 6.45) is 2.01. The molecule has 0 aromatic heterocycles. The average molecular weight is 297 g/mol. The van der Waals surface area contributed by atoms with E-state index in [9.17, 15) is 13.2 Å². The van der Waals surface area contributed by atoms with E-state index in [1.807, 2.05) is 0 Å². The van der Waals surface area contributed by atoms with Crippen LogP contribution in [0, 0.1) is 6.92 Å². The van der Waals surface area contributed by atoms with Gasteiger partial charge in [0.1, 0.15) is 6.04 Å². The molecule has 1 amide bonds. The van der Waals surface area contributed by atoms with Crippen molar-refractivity contribution in [3.05, 3.63) is 23.8 Å². The first-order valence-electron chi connectivity index (χ1n) is 6.51. The first-order chi connectivity index (χ1) is 9.34. The number of piperidine rings is 1. The van der Waals surface area contributed by atoms with Gasteiger partial charge in [0.15, 0.2) is 0 Å². The van der Waals surface area contributed by atoms with Crippen LogP contribution in [-0.2, 0) is 14.8 Å². The molecule has 1 fully saturated rings. The molecule has 20 heavy (non-hydrogen) atoms. The van der Waals surface area contributed by atoms with Gasteiger partial charge in [-0.05, 0) is 43.5 Å². The molecule has 1 aromatic carbocycles. The number of primary amides is 1. The van der Waals surface area contributed by atoms with Crippen molar-refractivity contribution in [3.63, 3.8) is 0 Å². The van der Waals surface area contributed by atoms with Crippen LogP contribution in [0.5, 0.6) is 0 Å². The lowest BCUT2D eigenvalue weighted by molar-refractivity contribution is -0.122. The molecular weight excluding hydrogens is 278 g/mol. The first kappa shape index (κ1) is 14.8. The number of nitrogen functional groups attached to an aromatic ring is 1. The lowest BCUT2D eigenvalue weighted by Gasteiger charge is -2.32. The molecule has 0 spiro atoms. The molecule has 6 nitrogen and oxygen atoms in total. The van der Waals surface area contributed by atoms with E-state index < -0.39 is 22.0 Å². The number of hydrogen-bond acceptors (Lipinski definition) is 4. The Labute approximate surface area is 118 Å². The first-order valence-corrected chi connectivity index (χ1v) is 7.95. The van der Waals surface area contributed by atoms with Gasteiger partial charge in [-0.25, -0.2) is 8.42 Å². The Morgan fingerprint density at radius 3 is 2.65 bits per heavy atom. The third kappa shape index (κ3) is 2.64. The molecule has 0 aliphatic carbocycles. The second-order valence-electron chi connectivity index (χ2n) is 5.05. The number of carbonyl (C=O) groups is 1. The molecule has 1 heterocycles. The summed E-state index contributed by atoms with van der Waals surface area (Å²) in [6.45, 7) is 2.01. The van der Waals surface area contributed by atoms with Crippen molar-refractivity contribution in [1.29, 1.82) is 0 Å². The summed E-state index contributed by atoms with van der Waals surface area (Å²) in [5, 5.41) is 0. The Bertz CT molecular complexity index is 628. The highest BCUT2D eigenvalue weighted by Gasteiger charge is 2.37.